The maximum atomic E-state index is 12.6. The van der Waals surface area contributed by atoms with Crippen LogP contribution < -0.4 is 24.8 Å². The van der Waals surface area contributed by atoms with Gasteiger partial charge in [-0.05, 0) is 37.6 Å². The zero-order chi connectivity index (χ0) is 19.1. The molecule has 0 saturated heterocycles. The maximum absolute atomic E-state index is 12.6. The number of aromatic nitrogens is 1. The highest BCUT2D eigenvalue weighted by molar-refractivity contribution is 7.07. The summed E-state index contributed by atoms with van der Waals surface area (Å²) < 4.78 is 7.26. The molecule has 1 aromatic heterocycles. The molecule has 7 heteroatoms. The summed E-state index contributed by atoms with van der Waals surface area (Å²) in [6.45, 7) is 4.32. The van der Waals surface area contributed by atoms with Crippen molar-refractivity contribution in [2.75, 3.05) is 13.7 Å². The van der Waals surface area contributed by atoms with Crippen LogP contribution in [0.25, 0.3) is 17.4 Å². The topological polar surface area (TPSA) is 84.1 Å². The molecule has 0 unspecified atom stereocenters. The Bertz CT molecular complexity index is 1070. The van der Waals surface area contributed by atoms with Crippen molar-refractivity contribution in [1.29, 1.82) is 5.26 Å². The molecule has 26 heavy (non-hydrogen) atoms. The van der Waals surface area contributed by atoms with Crippen LogP contribution in [0.15, 0.2) is 29.1 Å². The van der Waals surface area contributed by atoms with Crippen molar-refractivity contribution in [3.8, 4) is 11.8 Å². The lowest BCUT2D eigenvalue weighted by Crippen LogP contribution is -2.34. The molecule has 6 nitrogen and oxygen atoms in total. The third-order valence-electron chi connectivity index (χ3n) is 3.55. The Morgan fingerprint density at radius 1 is 1.42 bits per heavy atom. The van der Waals surface area contributed by atoms with Gasteiger partial charge in [0.1, 0.15) is 21.0 Å². The number of hydrogen-bond donors (Lipinski definition) is 1. The molecule has 0 atom stereocenters. The van der Waals surface area contributed by atoms with Gasteiger partial charge in [0.25, 0.3) is 11.5 Å². The maximum Gasteiger partial charge on any atom is 0.277 e. The molecule has 0 spiro atoms. The van der Waals surface area contributed by atoms with Crippen molar-refractivity contribution < 1.29 is 9.53 Å². The van der Waals surface area contributed by atoms with Crippen LogP contribution >= 0.6 is 11.3 Å². The predicted octanol–water partition coefficient (Wildman–Crippen LogP) is 0.841. The molecular weight excluding hydrogens is 350 g/mol. The highest BCUT2D eigenvalue weighted by Gasteiger charge is 2.14. The Morgan fingerprint density at radius 3 is 2.81 bits per heavy atom. The van der Waals surface area contributed by atoms with Crippen LogP contribution in [0.3, 0.4) is 0 Å². The SMILES string of the molecule is CCNC(=O)/C(C#N)=c1\sc(=C=Cc2cccc(OC)c2)c(=O)n1CC. The molecule has 2 aromatic rings. The van der Waals surface area contributed by atoms with Crippen LogP contribution in [0.1, 0.15) is 19.4 Å². The normalized spacial score (nSPS) is 11.2. The molecule has 0 aliphatic rings. The molecule has 0 saturated carbocycles. The van der Waals surface area contributed by atoms with Crippen LogP contribution in [0.4, 0.5) is 0 Å². The Kier molecular flexibility index (Phi) is 6.56. The molecule has 1 heterocycles. The van der Waals surface area contributed by atoms with Gasteiger partial charge in [-0.25, -0.2) is 0 Å². The fourth-order valence-corrected chi connectivity index (χ4v) is 3.37. The van der Waals surface area contributed by atoms with Gasteiger partial charge < -0.3 is 10.1 Å². The Labute approximate surface area is 155 Å². The average Bonchev–Trinajstić information content (AvgIpc) is 2.96. The molecule has 1 amide bonds. The van der Waals surface area contributed by atoms with Gasteiger partial charge in [-0.3, -0.25) is 14.2 Å². The number of rotatable bonds is 5. The minimum absolute atomic E-state index is 0.0646. The fourth-order valence-electron chi connectivity index (χ4n) is 2.30. The van der Waals surface area contributed by atoms with Crippen LogP contribution in [-0.4, -0.2) is 24.1 Å². The molecule has 2 rings (SSSR count). The standard InChI is InChI=1S/C19H19N3O3S/c1-4-21-17(23)15(12-20)19-22(5-2)18(24)16(26-19)10-9-13-7-6-8-14(11-13)25-3/h6-9,11H,4-5H2,1-3H3,(H,21,23)/b19-15-. The van der Waals surface area contributed by atoms with E-state index in [-0.39, 0.29) is 11.1 Å². The summed E-state index contributed by atoms with van der Waals surface area (Å²) in [5.41, 5.74) is 3.47. The lowest BCUT2D eigenvalue weighted by Gasteiger charge is -2.00. The fraction of sp³-hybridized carbons (Fsp3) is 0.263. The zero-order valence-electron chi connectivity index (χ0n) is 14.8. The molecule has 0 bridgehead atoms. The van der Waals surface area contributed by atoms with E-state index in [4.69, 9.17) is 4.74 Å². The lowest BCUT2D eigenvalue weighted by atomic mass is 10.2. The Hall–Kier alpha value is -3.07. The van der Waals surface area contributed by atoms with Crippen LogP contribution in [-0.2, 0) is 11.3 Å². The number of ether oxygens (including phenoxy) is 1. The quantitative estimate of drug-likeness (QED) is 0.847. The molecule has 0 fully saturated rings. The minimum Gasteiger partial charge on any atom is -0.497 e. The summed E-state index contributed by atoms with van der Waals surface area (Å²) in [4.78, 5) is 24.7. The molecular formula is C19H19N3O3S. The smallest absolute Gasteiger partial charge is 0.277 e. The molecule has 0 aliphatic heterocycles. The third-order valence-corrected chi connectivity index (χ3v) is 4.67. The van der Waals surface area contributed by atoms with Crippen molar-refractivity contribution in [3.05, 3.63) is 49.4 Å². The Balaban J connectivity index is 2.71. The number of nitrogens with zero attached hydrogens (tertiary/aromatic N) is 2. The number of nitriles is 1. The summed E-state index contributed by atoms with van der Waals surface area (Å²) in [5.74, 6) is 0.219. The van der Waals surface area contributed by atoms with E-state index in [0.29, 0.717) is 28.0 Å². The van der Waals surface area contributed by atoms with Crippen molar-refractivity contribution in [1.82, 2.24) is 9.88 Å². The first-order valence-electron chi connectivity index (χ1n) is 8.08. The second-order valence-electron chi connectivity index (χ2n) is 5.20. The van der Waals surface area contributed by atoms with Gasteiger partial charge in [0, 0.05) is 13.1 Å². The number of carbonyl (C=O) groups is 1. The number of nitrogens with one attached hydrogen (secondary N) is 1. The third kappa shape index (κ3) is 4.12. The van der Waals surface area contributed by atoms with Gasteiger partial charge in [0.05, 0.1) is 7.11 Å². The van der Waals surface area contributed by atoms with Crippen molar-refractivity contribution in [2.45, 2.75) is 20.4 Å². The number of benzene rings is 1. The first-order valence-corrected chi connectivity index (χ1v) is 8.90. The van der Waals surface area contributed by atoms with E-state index in [9.17, 15) is 14.9 Å². The van der Waals surface area contributed by atoms with E-state index in [1.54, 1.807) is 27.0 Å². The van der Waals surface area contributed by atoms with Crippen LogP contribution in [0.5, 0.6) is 5.75 Å². The molecule has 134 valence electrons. The van der Waals surface area contributed by atoms with Gasteiger partial charge in [-0.15, -0.1) is 11.3 Å². The van der Waals surface area contributed by atoms with Gasteiger partial charge in [-0.2, -0.15) is 5.26 Å². The second-order valence-corrected chi connectivity index (χ2v) is 6.20. The lowest BCUT2D eigenvalue weighted by molar-refractivity contribution is -0.115. The largest absolute Gasteiger partial charge is 0.497 e. The number of carbonyl (C=O) groups excluding carboxylic acids is 1. The molecule has 0 aliphatic carbocycles. The minimum atomic E-state index is -0.484. The number of amides is 1. The summed E-state index contributed by atoms with van der Waals surface area (Å²) in [5, 5.41) is 12.0. The molecule has 1 N–H and O–H groups in total. The van der Waals surface area contributed by atoms with Gasteiger partial charge in [0.2, 0.25) is 0 Å². The average molecular weight is 369 g/mol. The number of hydrogen-bond acceptors (Lipinski definition) is 5. The van der Waals surface area contributed by atoms with Crippen LogP contribution in [0, 0.1) is 11.3 Å². The Morgan fingerprint density at radius 2 is 2.19 bits per heavy atom. The van der Waals surface area contributed by atoms with Gasteiger partial charge in [0.15, 0.2) is 5.57 Å². The van der Waals surface area contributed by atoms with Crippen molar-refractivity contribution in [3.63, 3.8) is 0 Å². The van der Waals surface area contributed by atoms with Gasteiger partial charge in [-0.1, -0.05) is 17.9 Å². The summed E-state index contributed by atoms with van der Waals surface area (Å²) in [6.07, 6.45) is 1.68. The van der Waals surface area contributed by atoms with E-state index in [1.165, 1.54) is 4.57 Å². The van der Waals surface area contributed by atoms with Crippen molar-refractivity contribution >= 4 is 34.6 Å². The van der Waals surface area contributed by atoms with E-state index >= 15 is 0 Å². The van der Waals surface area contributed by atoms with E-state index < -0.39 is 5.91 Å². The summed E-state index contributed by atoms with van der Waals surface area (Å²) in [7, 11) is 1.58. The highest BCUT2D eigenvalue weighted by Crippen LogP contribution is 2.13. The second kappa shape index (κ2) is 8.86. The summed E-state index contributed by atoms with van der Waals surface area (Å²) in [6, 6.07) is 9.26. The zero-order valence-corrected chi connectivity index (χ0v) is 15.6. The first kappa shape index (κ1) is 19.3. The van der Waals surface area contributed by atoms with Crippen LogP contribution in [0.2, 0.25) is 0 Å². The molecule has 0 radical (unpaired) electrons. The van der Waals surface area contributed by atoms with E-state index in [1.807, 2.05) is 30.3 Å². The number of thiazole rings is 1. The van der Waals surface area contributed by atoms with Crippen molar-refractivity contribution in [2.24, 2.45) is 0 Å². The predicted molar refractivity (Wildman–Crippen MR) is 102 cm³/mol. The monoisotopic (exact) mass is 369 g/mol. The summed E-state index contributed by atoms with van der Waals surface area (Å²) >= 11 is 1.08. The van der Waals surface area contributed by atoms with E-state index in [0.717, 1.165) is 16.9 Å². The van der Waals surface area contributed by atoms with E-state index in [2.05, 4.69) is 11.0 Å². The molecule has 1 aromatic carbocycles. The number of methoxy groups -OCH3 is 1. The van der Waals surface area contributed by atoms with Gasteiger partial charge >= 0.3 is 0 Å². The first-order chi connectivity index (χ1) is 12.5. The highest BCUT2D eigenvalue weighted by atomic mass is 32.1.